The molecule has 0 bridgehead atoms. The van der Waals surface area contributed by atoms with E-state index < -0.39 is 0 Å². The topological polar surface area (TPSA) is 15.3 Å². The van der Waals surface area contributed by atoms with E-state index in [1.807, 2.05) is 0 Å². The van der Waals surface area contributed by atoms with Crippen molar-refractivity contribution in [2.45, 2.75) is 25.7 Å². The molecule has 1 spiro atoms. The highest BCUT2D eigenvalue weighted by Crippen LogP contribution is 2.36. The SMILES string of the molecule is CN1CCC2(CCCNC2)CC1.Cl.Cl. The Balaban J connectivity index is 0.000000845. The van der Waals surface area contributed by atoms with E-state index in [4.69, 9.17) is 0 Å². The third kappa shape index (κ3) is 3.27. The predicted molar refractivity (Wildman–Crippen MR) is 65.8 cm³/mol. The Morgan fingerprint density at radius 3 is 2.21 bits per heavy atom. The van der Waals surface area contributed by atoms with Gasteiger partial charge >= 0.3 is 0 Å². The van der Waals surface area contributed by atoms with Gasteiger partial charge in [0.25, 0.3) is 0 Å². The Bertz CT molecular complexity index is 148. The Morgan fingerprint density at radius 2 is 1.71 bits per heavy atom. The first-order valence-electron chi connectivity index (χ1n) is 5.20. The summed E-state index contributed by atoms with van der Waals surface area (Å²) in [5.74, 6) is 0. The second-order valence-corrected chi connectivity index (χ2v) is 4.58. The van der Waals surface area contributed by atoms with Crippen LogP contribution in [-0.2, 0) is 0 Å². The van der Waals surface area contributed by atoms with Gasteiger partial charge in [-0.25, -0.2) is 0 Å². The molecular weight excluding hydrogens is 219 g/mol. The molecule has 2 nitrogen and oxygen atoms in total. The maximum absolute atomic E-state index is 3.54. The van der Waals surface area contributed by atoms with Crippen LogP contribution in [-0.4, -0.2) is 38.1 Å². The summed E-state index contributed by atoms with van der Waals surface area (Å²) in [4.78, 5) is 2.46. The quantitative estimate of drug-likeness (QED) is 0.697. The van der Waals surface area contributed by atoms with Crippen molar-refractivity contribution in [3.05, 3.63) is 0 Å². The molecule has 0 aromatic carbocycles. The highest BCUT2D eigenvalue weighted by atomic mass is 35.5. The van der Waals surface area contributed by atoms with E-state index in [1.54, 1.807) is 0 Å². The molecule has 2 rings (SSSR count). The first kappa shape index (κ1) is 14.5. The van der Waals surface area contributed by atoms with E-state index in [2.05, 4.69) is 17.3 Å². The molecule has 2 heterocycles. The highest BCUT2D eigenvalue weighted by molar-refractivity contribution is 5.85. The van der Waals surface area contributed by atoms with Gasteiger partial charge in [-0.1, -0.05) is 0 Å². The average molecular weight is 241 g/mol. The minimum Gasteiger partial charge on any atom is -0.316 e. The lowest BCUT2D eigenvalue weighted by Crippen LogP contribution is -2.46. The fraction of sp³-hybridized carbons (Fsp3) is 1.00. The zero-order chi connectivity index (χ0) is 8.44. The molecule has 0 aromatic rings. The third-order valence-corrected chi connectivity index (χ3v) is 3.61. The zero-order valence-corrected chi connectivity index (χ0v) is 10.6. The molecule has 0 amide bonds. The first-order valence-corrected chi connectivity index (χ1v) is 5.20. The van der Waals surface area contributed by atoms with Crippen molar-refractivity contribution < 1.29 is 0 Å². The minimum absolute atomic E-state index is 0. The molecule has 2 aliphatic rings. The van der Waals surface area contributed by atoms with Gasteiger partial charge in [-0.3, -0.25) is 0 Å². The Hall–Kier alpha value is 0.500. The zero-order valence-electron chi connectivity index (χ0n) is 8.92. The van der Waals surface area contributed by atoms with Crippen LogP contribution >= 0.6 is 24.8 Å². The molecule has 0 radical (unpaired) electrons. The van der Waals surface area contributed by atoms with Crippen molar-refractivity contribution in [2.24, 2.45) is 5.41 Å². The van der Waals surface area contributed by atoms with Crippen LogP contribution in [0.5, 0.6) is 0 Å². The fourth-order valence-corrected chi connectivity index (χ4v) is 2.55. The second kappa shape index (κ2) is 6.16. The van der Waals surface area contributed by atoms with Crippen LogP contribution in [0.25, 0.3) is 0 Å². The van der Waals surface area contributed by atoms with E-state index in [0.29, 0.717) is 5.41 Å². The number of hydrogen-bond acceptors (Lipinski definition) is 2. The molecule has 0 unspecified atom stereocenters. The van der Waals surface area contributed by atoms with E-state index in [0.717, 1.165) is 0 Å². The van der Waals surface area contributed by atoms with Crippen LogP contribution in [0.15, 0.2) is 0 Å². The first-order chi connectivity index (χ1) is 5.81. The van der Waals surface area contributed by atoms with E-state index in [1.165, 1.54) is 51.9 Å². The van der Waals surface area contributed by atoms with Crippen LogP contribution in [0, 0.1) is 5.41 Å². The summed E-state index contributed by atoms with van der Waals surface area (Å²) in [6, 6.07) is 0. The Labute approximate surface area is 99.6 Å². The van der Waals surface area contributed by atoms with Crippen molar-refractivity contribution in [3.8, 4) is 0 Å². The largest absolute Gasteiger partial charge is 0.316 e. The van der Waals surface area contributed by atoms with E-state index in [-0.39, 0.29) is 24.8 Å². The van der Waals surface area contributed by atoms with Gasteiger partial charge in [-0.05, 0) is 57.8 Å². The fourth-order valence-electron chi connectivity index (χ4n) is 2.55. The lowest BCUT2D eigenvalue weighted by Gasteiger charge is -2.43. The summed E-state index contributed by atoms with van der Waals surface area (Å²) in [6.45, 7) is 5.14. The number of piperidine rings is 2. The van der Waals surface area contributed by atoms with Gasteiger partial charge in [-0.2, -0.15) is 0 Å². The molecule has 4 heteroatoms. The van der Waals surface area contributed by atoms with Crippen molar-refractivity contribution in [3.63, 3.8) is 0 Å². The van der Waals surface area contributed by atoms with Gasteiger partial charge in [0.1, 0.15) is 0 Å². The summed E-state index contributed by atoms with van der Waals surface area (Å²) < 4.78 is 0. The lowest BCUT2D eigenvalue weighted by atomic mass is 9.73. The maximum Gasteiger partial charge on any atom is 0.000877 e. The molecule has 0 saturated carbocycles. The Kier molecular flexibility index (Phi) is 6.38. The number of nitrogens with zero attached hydrogens (tertiary/aromatic N) is 1. The molecule has 2 fully saturated rings. The predicted octanol–water partition coefficient (Wildman–Crippen LogP) is 1.93. The summed E-state index contributed by atoms with van der Waals surface area (Å²) in [6.07, 6.45) is 5.69. The summed E-state index contributed by atoms with van der Waals surface area (Å²) >= 11 is 0. The summed E-state index contributed by atoms with van der Waals surface area (Å²) in [5.41, 5.74) is 0.685. The number of nitrogens with one attached hydrogen (secondary N) is 1. The third-order valence-electron chi connectivity index (χ3n) is 3.61. The van der Waals surface area contributed by atoms with Crippen LogP contribution in [0.2, 0.25) is 0 Å². The lowest BCUT2D eigenvalue weighted by molar-refractivity contribution is 0.0930. The number of halogens is 2. The number of rotatable bonds is 0. The molecule has 2 aliphatic heterocycles. The monoisotopic (exact) mass is 240 g/mol. The maximum atomic E-state index is 3.54. The van der Waals surface area contributed by atoms with Crippen LogP contribution in [0.4, 0.5) is 0 Å². The molecule has 0 atom stereocenters. The van der Waals surface area contributed by atoms with Crippen LogP contribution < -0.4 is 5.32 Å². The highest BCUT2D eigenvalue weighted by Gasteiger charge is 2.34. The van der Waals surface area contributed by atoms with E-state index >= 15 is 0 Å². The van der Waals surface area contributed by atoms with Crippen molar-refractivity contribution >= 4 is 24.8 Å². The van der Waals surface area contributed by atoms with Gasteiger partial charge in [0.15, 0.2) is 0 Å². The van der Waals surface area contributed by atoms with Crippen LogP contribution in [0.1, 0.15) is 25.7 Å². The van der Waals surface area contributed by atoms with Gasteiger partial charge in [0.05, 0.1) is 0 Å². The molecule has 0 aliphatic carbocycles. The number of hydrogen-bond donors (Lipinski definition) is 1. The minimum atomic E-state index is 0. The summed E-state index contributed by atoms with van der Waals surface area (Å²) in [5, 5.41) is 3.54. The van der Waals surface area contributed by atoms with Crippen LogP contribution in [0.3, 0.4) is 0 Å². The van der Waals surface area contributed by atoms with E-state index in [9.17, 15) is 0 Å². The standard InChI is InChI=1S/C10H20N2.2ClH/c1-12-7-4-10(5-8-12)3-2-6-11-9-10;;/h11H,2-9H2,1H3;2*1H. The average Bonchev–Trinajstić information content (AvgIpc) is 2.13. The normalized spacial score (nSPS) is 26.4. The molecule has 0 aromatic heterocycles. The van der Waals surface area contributed by atoms with Crippen molar-refractivity contribution in [2.75, 3.05) is 33.2 Å². The molecule has 86 valence electrons. The van der Waals surface area contributed by atoms with Gasteiger partial charge in [0, 0.05) is 6.54 Å². The smallest absolute Gasteiger partial charge is 0.000877 e. The Morgan fingerprint density at radius 1 is 1.07 bits per heavy atom. The second-order valence-electron chi connectivity index (χ2n) is 4.58. The number of likely N-dealkylation sites (tertiary alicyclic amines) is 1. The molecule has 14 heavy (non-hydrogen) atoms. The molecular formula is C10H22Cl2N2. The van der Waals surface area contributed by atoms with Gasteiger partial charge < -0.3 is 10.2 Å². The van der Waals surface area contributed by atoms with Gasteiger partial charge in [0.2, 0.25) is 0 Å². The molecule has 2 saturated heterocycles. The van der Waals surface area contributed by atoms with Crippen molar-refractivity contribution in [1.82, 2.24) is 10.2 Å². The van der Waals surface area contributed by atoms with Crippen molar-refractivity contribution in [1.29, 1.82) is 0 Å². The summed E-state index contributed by atoms with van der Waals surface area (Å²) in [7, 11) is 2.24. The van der Waals surface area contributed by atoms with Gasteiger partial charge in [-0.15, -0.1) is 24.8 Å². The molecule has 1 N–H and O–H groups in total.